The van der Waals surface area contributed by atoms with E-state index in [1.807, 2.05) is 17.8 Å². The Morgan fingerprint density at radius 2 is 2.23 bits per heavy atom. The molecule has 1 aromatic carbocycles. The average Bonchev–Trinajstić information content (AvgIpc) is 2.56. The number of rotatable bonds is 3. The summed E-state index contributed by atoms with van der Waals surface area (Å²) in [5.74, 6) is 1.26. The van der Waals surface area contributed by atoms with E-state index in [0.717, 1.165) is 25.4 Å². The molecule has 120 valence electrons. The lowest BCUT2D eigenvalue weighted by Gasteiger charge is -2.40. The number of thioether (sulfide) groups is 1. The van der Waals surface area contributed by atoms with Crippen LogP contribution in [0, 0.1) is 0 Å². The van der Waals surface area contributed by atoms with Gasteiger partial charge in [0.15, 0.2) is 0 Å². The van der Waals surface area contributed by atoms with Crippen molar-refractivity contribution in [1.82, 2.24) is 10.2 Å². The molecule has 5 heteroatoms. The van der Waals surface area contributed by atoms with Crippen molar-refractivity contribution in [1.29, 1.82) is 0 Å². The maximum Gasteiger partial charge on any atom is 0.224 e. The van der Waals surface area contributed by atoms with E-state index in [1.165, 1.54) is 5.56 Å². The van der Waals surface area contributed by atoms with E-state index in [-0.39, 0.29) is 18.0 Å². The van der Waals surface area contributed by atoms with Crippen molar-refractivity contribution in [3.05, 3.63) is 35.9 Å². The molecule has 2 aliphatic rings. The third-order valence-corrected chi connectivity index (χ3v) is 5.58. The first kappa shape index (κ1) is 15.8. The van der Waals surface area contributed by atoms with Gasteiger partial charge in [-0.25, -0.2) is 0 Å². The summed E-state index contributed by atoms with van der Waals surface area (Å²) in [5.41, 5.74) is 1.24. The standard InChI is InChI=1S/C17H24N2O2S/c1-13-17(14-5-3-2-4-6-14)19(8-10-22-13)16(20)11-15-12-21-9-7-18-15/h2-6,13,15,17-18H,7-12H2,1H3. The summed E-state index contributed by atoms with van der Waals surface area (Å²) in [4.78, 5) is 14.9. The predicted octanol–water partition coefficient (Wildman–Crippen LogP) is 2.07. The zero-order valence-electron chi connectivity index (χ0n) is 13.0. The first-order valence-electron chi connectivity index (χ1n) is 8.03. The Morgan fingerprint density at radius 1 is 1.41 bits per heavy atom. The predicted molar refractivity (Wildman–Crippen MR) is 90.0 cm³/mol. The molecule has 2 aliphatic heterocycles. The van der Waals surface area contributed by atoms with E-state index < -0.39 is 0 Å². The van der Waals surface area contributed by atoms with Crippen molar-refractivity contribution < 1.29 is 9.53 Å². The number of amides is 1. The smallest absolute Gasteiger partial charge is 0.224 e. The molecule has 0 aliphatic carbocycles. The number of benzene rings is 1. The van der Waals surface area contributed by atoms with Gasteiger partial charge in [0, 0.05) is 36.6 Å². The lowest BCUT2D eigenvalue weighted by molar-refractivity contribution is -0.134. The topological polar surface area (TPSA) is 41.6 Å². The molecular weight excluding hydrogens is 296 g/mol. The van der Waals surface area contributed by atoms with Gasteiger partial charge in [-0.05, 0) is 5.56 Å². The Bertz CT molecular complexity index is 491. The van der Waals surface area contributed by atoms with Crippen molar-refractivity contribution in [2.24, 2.45) is 0 Å². The minimum Gasteiger partial charge on any atom is -0.378 e. The third kappa shape index (κ3) is 3.65. The molecule has 3 rings (SSSR count). The minimum atomic E-state index is 0.155. The number of hydrogen-bond acceptors (Lipinski definition) is 4. The van der Waals surface area contributed by atoms with E-state index in [0.29, 0.717) is 18.3 Å². The van der Waals surface area contributed by atoms with Crippen LogP contribution in [0.3, 0.4) is 0 Å². The van der Waals surface area contributed by atoms with Gasteiger partial charge in [0.2, 0.25) is 5.91 Å². The number of nitrogens with zero attached hydrogens (tertiary/aromatic N) is 1. The first-order chi connectivity index (χ1) is 10.8. The van der Waals surface area contributed by atoms with Crippen LogP contribution in [0.4, 0.5) is 0 Å². The van der Waals surface area contributed by atoms with Gasteiger partial charge in [0.1, 0.15) is 0 Å². The zero-order chi connectivity index (χ0) is 15.4. The van der Waals surface area contributed by atoms with E-state index in [1.54, 1.807) is 0 Å². The summed E-state index contributed by atoms with van der Waals surface area (Å²) in [6, 6.07) is 10.7. The van der Waals surface area contributed by atoms with Gasteiger partial charge in [0.05, 0.1) is 19.3 Å². The fourth-order valence-corrected chi connectivity index (χ4v) is 4.44. The van der Waals surface area contributed by atoms with Crippen LogP contribution in [0.15, 0.2) is 30.3 Å². The van der Waals surface area contributed by atoms with Crippen molar-refractivity contribution in [2.45, 2.75) is 30.7 Å². The quantitative estimate of drug-likeness (QED) is 0.926. The second-order valence-electron chi connectivity index (χ2n) is 5.95. The molecule has 1 N–H and O–H groups in total. The van der Waals surface area contributed by atoms with Gasteiger partial charge < -0.3 is 15.0 Å². The van der Waals surface area contributed by atoms with E-state index in [2.05, 4.69) is 41.4 Å². The largest absolute Gasteiger partial charge is 0.378 e. The lowest BCUT2D eigenvalue weighted by Crippen LogP contribution is -2.48. The van der Waals surface area contributed by atoms with Crippen LogP contribution >= 0.6 is 11.8 Å². The minimum absolute atomic E-state index is 0.155. The molecular formula is C17H24N2O2S. The average molecular weight is 320 g/mol. The lowest BCUT2D eigenvalue weighted by atomic mass is 10.0. The monoisotopic (exact) mass is 320 g/mol. The fourth-order valence-electron chi connectivity index (χ4n) is 3.28. The Balaban J connectivity index is 1.72. The van der Waals surface area contributed by atoms with Gasteiger partial charge >= 0.3 is 0 Å². The molecule has 2 saturated heterocycles. The Hall–Kier alpha value is -1.04. The Kier molecular flexibility index (Phi) is 5.39. The Morgan fingerprint density at radius 3 is 2.95 bits per heavy atom. The number of ether oxygens (including phenoxy) is 1. The van der Waals surface area contributed by atoms with E-state index >= 15 is 0 Å². The van der Waals surface area contributed by atoms with Gasteiger partial charge in [0.25, 0.3) is 0 Å². The summed E-state index contributed by atoms with van der Waals surface area (Å²) in [5, 5.41) is 3.80. The molecule has 0 aromatic heterocycles. The molecule has 22 heavy (non-hydrogen) atoms. The maximum absolute atomic E-state index is 12.8. The van der Waals surface area contributed by atoms with Crippen LogP contribution in [-0.4, -0.2) is 54.2 Å². The van der Waals surface area contributed by atoms with Gasteiger partial charge in [-0.2, -0.15) is 11.8 Å². The maximum atomic E-state index is 12.8. The van der Waals surface area contributed by atoms with Gasteiger partial charge in [-0.1, -0.05) is 37.3 Å². The molecule has 1 amide bonds. The number of morpholine rings is 1. The van der Waals surface area contributed by atoms with Crippen molar-refractivity contribution in [3.8, 4) is 0 Å². The highest BCUT2D eigenvalue weighted by molar-refractivity contribution is 8.00. The highest BCUT2D eigenvalue weighted by Crippen LogP contribution is 2.36. The first-order valence-corrected chi connectivity index (χ1v) is 9.07. The number of carbonyl (C=O) groups is 1. The number of carbonyl (C=O) groups excluding carboxylic acids is 1. The molecule has 1 aromatic rings. The van der Waals surface area contributed by atoms with E-state index in [4.69, 9.17) is 4.74 Å². The van der Waals surface area contributed by atoms with E-state index in [9.17, 15) is 4.79 Å². The van der Waals surface area contributed by atoms with Crippen LogP contribution in [0.25, 0.3) is 0 Å². The van der Waals surface area contributed by atoms with Crippen LogP contribution < -0.4 is 5.32 Å². The summed E-state index contributed by atoms with van der Waals surface area (Å²) in [6.45, 7) is 5.28. The fraction of sp³-hybridized carbons (Fsp3) is 0.588. The van der Waals surface area contributed by atoms with Gasteiger partial charge in [-0.3, -0.25) is 4.79 Å². The highest BCUT2D eigenvalue weighted by atomic mass is 32.2. The van der Waals surface area contributed by atoms with Crippen LogP contribution in [-0.2, 0) is 9.53 Å². The summed E-state index contributed by atoms with van der Waals surface area (Å²) in [7, 11) is 0. The summed E-state index contributed by atoms with van der Waals surface area (Å²) in [6.07, 6.45) is 0.528. The summed E-state index contributed by atoms with van der Waals surface area (Å²) < 4.78 is 5.47. The molecule has 3 atom stereocenters. The summed E-state index contributed by atoms with van der Waals surface area (Å²) >= 11 is 1.95. The van der Waals surface area contributed by atoms with Crippen molar-refractivity contribution in [3.63, 3.8) is 0 Å². The molecule has 4 nitrogen and oxygen atoms in total. The molecule has 0 spiro atoms. The van der Waals surface area contributed by atoms with Crippen molar-refractivity contribution in [2.75, 3.05) is 32.1 Å². The molecule has 3 unspecified atom stereocenters. The third-order valence-electron chi connectivity index (χ3n) is 4.37. The molecule has 2 fully saturated rings. The van der Waals surface area contributed by atoms with Crippen LogP contribution in [0.1, 0.15) is 24.9 Å². The molecule has 0 bridgehead atoms. The Labute approximate surface area is 136 Å². The second kappa shape index (κ2) is 7.49. The SMILES string of the molecule is CC1SCCN(C(=O)CC2COCCN2)C1c1ccccc1. The number of hydrogen-bond donors (Lipinski definition) is 1. The van der Waals surface area contributed by atoms with Crippen LogP contribution in [0.2, 0.25) is 0 Å². The molecule has 0 saturated carbocycles. The normalized spacial score (nSPS) is 29.3. The van der Waals surface area contributed by atoms with Crippen LogP contribution in [0.5, 0.6) is 0 Å². The highest BCUT2D eigenvalue weighted by Gasteiger charge is 2.34. The molecule has 0 radical (unpaired) electrons. The number of nitrogens with one attached hydrogen (secondary N) is 1. The van der Waals surface area contributed by atoms with Crippen molar-refractivity contribution >= 4 is 17.7 Å². The zero-order valence-corrected chi connectivity index (χ0v) is 13.8. The van der Waals surface area contributed by atoms with Gasteiger partial charge in [-0.15, -0.1) is 0 Å². The second-order valence-corrected chi connectivity index (χ2v) is 7.43. The molecule has 2 heterocycles.